The lowest BCUT2D eigenvalue weighted by Crippen LogP contribution is -3.00. The summed E-state index contributed by atoms with van der Waals surface area (Å²) in [5.41, 5.74) is 0. The third-order valence-corrected chi connectivity index (χ3v) is 4.63. The number of unbranched alkanes of at least 4 members (excludes halogenated alkanes) is 5. The first-order chi connectivity index (χ1) is 10.7. The number of piperazine rings is 1. The smallest absolute Gasteiger partial charge is 0.410 e. The van der Waals surface area contributed by atoms with E-state index in [1.54, 1.807) is 0 Å². The maximum absolute atomic E-state index is 11.8. The molecule has 0 spiro atoms. The molecular formula is C18H33BrN2O2. The van der Waals surface area contributed by atoms with E-state index in [1.807, 2.05) is 11.8 Å². The van der Waals surface area contributed by atoms with Gasteiger partial charge in [0.1, 0.15) is 6.54 Å². The van der Waals surface area contributed by atoms with E-state index in [4.69, 9.17) is 11.2 Å². The number of halogens is 1. The minimum atomic E-state index is -0.180. The van der Waals surface area contributed by atoms with E-state index >= 15 is 0 Å². The third kappa shape index (κ3) is 8.08. The Kier molecular flexibility index (Phi) is 12.3. The first kappa shape index (κ1) is 22.3. The zero-order valence-corrected chi connectivity index (χ0v) is 16.4. The maximum atomic E-state index is 11.8. The van der Waals surface area contributed by atoms with Crippen LogP contribution in [0.2, 0.25) is 0 Å². The van der Waals surface area contributed by atoms with E-state index in [0.29, 0.717) is 6.61 Å². The summed E-state index contributed by atoms with van der Waals surface area (Å²) in [6, 6.07) is 0. The monoisotopic (exact) mass is 388 g/mol. The summed E-state index contributed by atoms with van der Waals surface area (Å²) in [4.78, 5) is 13.6. The van der Waals surface area contributed by atoms with Gasteiger partial charge in [-0.1, -0.05) is 32.6 Å². The number of amides is 1. The van der Waals surface area contributed by atoms with E-state index in [1.165, 1.54) is 38.5 Å². The molecule has 1 aliphatic rings. The van der Waals surface area contributed by atoms with E-state index in [2.05, 4.69) is 12.8 Å². The van der Waals surface area contributed by atoms with Crippen molar-refractivity contribution in [2.24, 2.45) is 0 Å². The van der Waals surface area contributed by atoms with Gasteiger partial charge in [0.25, 0.3) is 0 Å². The molecule has 134 valence electrons. The van der Waals surface area contributed by atoms with Gasteiger partial charge in [-0.05, 0) is 25.7 Å². The molecule has 0 aromatic rings. The number of terminal acetylenes is 1. The number of carbonyl (C=O) groups excluding carboxylic acids is 1. The summed E-state index contributed by atoms with van der Waals surface area (Å²) < 4.78 is 6.06. The van der Waals surface area contributed by atoms with E-state index in [9.17, 15) is 4.79 Å². The summed E-state index contributed by atoms with van der Waals surface area (Å²) in [6.07, 6.45) is 13.3. The lowest BCUT2D eigenvalue weighted by molar-refractivity contribution is -0.925. The highest BCUT2D eigenvalue weighted by Gasteiger charge is 2.33. The van der Waals surface area contributed by atoms with Crippen LogP contribution in [0.1, 0.15) is 52.4 Å². The molecule has 1 heterocycles. The highest BCUT2D eigenvalue weighted by Crippen LogP contribution is 2.16. The van der Waals surface area contributed by atoms with Crippen LogP contribution < -0.4 is 17.0 Å². The van der Waals surface area contributed by atoms with Gasteiger partial charge in [0.15, 0.2) is 0 Å². The summed E-state index contributed by atoms with van der Waals surface area (Å²) >= 11 is 0. The second-order valence-corrected chi connectivity index (χ2v) is 6.33. The molecule has 1 rings (SSSR count). The van der Waals surface area contributed by atoms with Gasteiger partial charge in [0.05, 0.1) is 39.3 Å². The molecule has 1 fully saturated rings. The molecule has 1 aliphatic heterocycles. The number of nitrogens with zero attached hydrogens (tertiary/aromatic N) is 2. The van der Waals surface area contributed by atoms with Gasteiger partial charge >= 0.3 is 6.09 Å². The summed E-state index contributed by atoms with van der Waals surface area (Å²) in [7, 11) is 0. The lowest BCUT2D eigenvalue weighted by atomic mass is 10.1. The minimum Gasteiger partial charge on any atom is -1.00 e. The predicted octanol–water partition coefficient (Wildman–Crippen LogP) is 0.273. The van der Waals surface area contributed by atoms with Crippen LogP contribution in [-0.2, 0) is 4.74 Å². The highest BCUT2D eigenvalue weighted by atomic mass is 79.9. The van der Waals surface area contributed by atoms with Crippen molar-refractivity contribution < 1.29 is 31.0 Å². The Hall–Kier alpha value is -0.730. The first-order valence-electron chi connectivity index (χ1n) is 8.87. The number of hydrogen-bond acceptors (Lipinski definition) is 2. The fourth-order valence-electron chi connectivity index (χ4n) is 3.17. The van der Waals surface area contributed by atoms with Crippen LogP contribution in [0.4, 0.5) is 4.79 Å². The van der Waals surface area contributed by atoms with E-state index < -0.39 is 0 Å². The van der Waals surface area contributed by atoms with Gasteiger partial charge in [-0.25, -0.2) is 4.79 Å². The molecule has 0 N–H and O–H groups in total. The molecular weight excluding hydrogens is 356 g/mol. The summed E-state index contributed by atoms with van der Waals surface area (Å²) in [5, 5.41) is 0. The second-order valence-electron chi connectivity index (χ2n) is 6.33. The topological polar surface area (TPSA) is 29.5 Å². The molecule has 4 nitrogen and oxygen atoms in total. The van der Waals surface area contributed by atoms with Crippen molar-refractivity contribution in [1.82, 2.24) is 4.90 Å². The van der Waals surface area contributed by atoms with Crippen LogP contribution in [0.25, 0.3) is 0 Å². The van der Waals surface area contributed by atoms with Gasteiger partial charge in [0.2, 0.25) is 0 Å². The average molecular weight is 389 g/mol. The molecule has 0 saturated carbocycles. The van der Waals surface area contributed by atoms with Crippen LogP contribution in [0.3, 0.4) is 0 Å². The Balaban J connectivity index is 0.00000484. The van der Waals surface area contributed by atoms with Crippen molar-refractivity contribution in [1.29, 1.82) is 0 Å². The van der Waals surface area contributed by atoms with Gasteiger partial charge < -0.3 is 26.2 Å². The normalized spacial score (nSPS) is 16.3. The molecule has 0 aromatic carbocycles. The molecule has 5 heteroatoms. The van der Waals surface area contributed by atoms with Crippen LogP contribution in [0.15, 0.2) is 0 Å². The standard InChI is InChI=1S/C18H33N2O2.BrH/c1-4-7-8-9-10-11-15-20(14-5-2)16-12-19(13-17-20)18(21)22-6-3;/h2H,4,6-17H2,1,3H3;1H/q+1;/p-1. The summed E-state index contributed by atoms with van der Waals surface area (Å²) in [6.45, 7) is 9.90. The van der Waals surface area contributed by atoms with Crippen LogP contribution in [-0.4, -0.2) is 61.4 Å². The molecule has 0 atom stereocenters. The molecule has 0 unspecified atom stereocenters. The molecule has 23 heavy (non-hydrogen) atoms. The average Bonchev–Trinajstić information content (AvgIpc) is 2.52. The van der Waals surface area contributed by atoms with Crippen molar-refractivity contribution in [3.63, 3.8) is 0 Å². The van der Waals surface area contributed by atoms with E-state index in [-0.39, 0.29) is 23.1 Å². The molecule has 0 aliphatic carbocycles. The van der Waals surface area contributed by atoms with Gasteiger partial charge in [-0.2, -0.15) is 0 Å². The van der Waals surface area contributed by atoms with E-state index in [0.717, 1.165) is 43.8 Å². The largest absolute Gasteiger partial charge is 1.00 e. The number of carbonyl (C=O) groups is 1. The fourth-order valence-corrected chi connectivity index (χ4v) is 3.17. The highest BCUT2D eigenvalue weighted by molar-refractivity contribution is 5.67. The fraction of sp³-hybridized carbons (Fsp3) is 0.833. The maximum Gasteiger partial charge on any atom is 0.410 e. The van der Waals surface area contributed by atoms with Crippen molar-refractivity contribution in [3.05, 3.63) is 0 Å². The minimum absolute atomic E-state index is 0. The third-order valence-electron chi connectivity index (χ3n) is 4.63. The van der Waals surface area contributed by atoms with Crippen LogP contribution in [0.5, 0.6) is 0 Å². The molecule has 0 radical (unpaired) electrons. The Morgan fingerprint density at radius 3 is 2.30 bits per heavy atom. The summed E-state index contributed by atoms with van der Waals surface area (Å²) in [5.74, 6) is 2.85. The Bertz CT molecular complexity index is 361. The molecule has 0 aromatic heterocycles. The molecule has 1 amide bonds. The number of quaternary nitrogens is 1. The number of rotatable bonds is 9. The number of hydrogen-bond donors (Lipinski definition) is 0. The molecule has 0 bridgehead atoms. The van der Waals surface area contributed by atoms with Gasteiger partial charge in [0, 0.05) is 0 Å². The van der Waals surface area contributed by atoms with Crippen molar-refractivity contribution in [2.75, 3.05) is 45.9 Å². The van der Waals surface area contributed by atoms with Gasteiger partial charge in [-0.3, -0.25) is 4.90 Å². The van der Waals surface area contributed by atoms with Crippen molar-refractivity contribution in [2.45, 2.75) is 52.4 Å². The van der Waals surface area contributed by atoms with Gasteiger partial charge in [-0.15, -0.1) is 6.42 Å². The number of ether oxygens (including phenoxy) is 1. The first-order valence-corrected chi connectivity index (χ1v) is 8.87. The van der Waals surface area contributed by atoms with Crippen molar-refractivity contribution >= 4 is 6.09 Å². The predicted molar refractivity (Wildman–Crippen MR) is 90.5 cm³/mol. The van der Waals surface area contributed by atoms with Crippen LogP contribution >= 0.6 is 0 Å². The SMILES string of the molecule is C#CC[N+]1(CCCCCCCC)CCN(C(=O)OCC)CC1.[Br-]. The lowest BCUT2D eigenvalue weighted by Gasteiger charge is -2.43. The molecule has 1 saturated heterocycles. The van der Waals surface area contributed by atoms with Crippen LogP contribution in [0, 0.1) is 12.3 Å². The Morgan fingerprint density at radius 1 is 1.13 bits per heavy atom. The van der Waals surface area contributed by atoms with Crippen molar-refractivity contribution in [3.8, 4) is 12.3 Å². The zero-order chi connectivity index (χ0) is 16.3. The second kappa shape index (κ2) is 12.7. The Labute approximate surface area is 152 Å². The zero-order valence-electron chi connectivity index (χ0n) is 14.9. The Morgan fingerprint density at radius 2 is 1.74 bits per heavy atom. The quantitative estimate of drug-likeness (QED) is 0.322.